The fourth-order valence-corrected chi connectivity index (χ4v) is 3.37. The van der Waals surface area contributed by atoms with Crippen LogP contribution in [0.3, 0.4) is 0 Å². The topological polar surface area (TPSA) is 56.5 Å². The Bertz CT molecular complexity index is 1100. The molecule has 5 nitrogen and oxygen atoms in total. The van der Waals surface area contributed by atoms with Gasteiger partial charge in [-0.3, -0.25) is 0 Å². The average molecular weight is 346 g/mol. The number of hydrogen-bond donors (Lipinski definition) is 0. The van der Waals surface area contributed by atoms with Gasteiger partial charge in [0.1, 0.15) is 10.8 Å². The van der Waals surface area contributed by atoms with E-state index in [2.05, 4.69) is 27.4 Å². The third-order valence-corrected chi connectivity index (χ3v) is 4.49. The first kappa shape index (κ1) is 14.3. The van der Waals surface area contributed by atoms with E-state index >= 15 is 0 Å². The maximum atomic E-state index is 6.28. The van der Waals surface area contributed by atoms with Crippen LogP contribution in [0.25, 0.3) is 28.3 Å². The van der Waals surface area contributed by atoms with Crippen LogP contribution in [0.2, 0.25) is 5.15 Å². The zero-order valence-corrected chi connectivity index (χ0v) is 13.9. The Labute approximate surface area is 148 Å². The van der Waals surface area contributed by atoms with Gasteiger partial charge in [-0.05, 0) is 23.8 Å². The van der Waals surface area contributed by atoms with Gasteiger partial charge in [0.15, 0.2) is 5.82 Å². The first-order chi connectivity index (χ1) is 12.3. The summed E-state index contributed by atoms with van der Waals surface area (Å²) in [5, 5.41) is 9.12. The number of fused-ring (bicyclic) bond motifs is 9. The van der Waals surface area contributed by atoms with E-state index in [-0.39, 0.29) is 0 Å². The lowest BCUT2D eigenvalue weighted by Crippen LogP contribution is -2.02. The number of hydrogen-bond acceptors (Lipinski definition) is 4. The molecular formula is C19H12ClN5. The van der Waals surface area contributed by atoms with Crippen molar-refractivity contribution in [2.45, 2.75) is 6.42 Å². The van der Waals surface area contributed by atoms with Gasteiger partial charge < -0.3 is 0 Å². The molecular weight excluding hydrogens is 334 g/mol. The SMILES string of the molecule is Clc1cc2nc(n1)-c1ccccc1-n1cc(nn1)-c1ccccc1C2. The third kappa shape index (κ3) is 2.40. The lowest BCUT2D eigenvalue weighted by Gasteiger charge is -2.10. The van der Waals surface area contributed by atoms with Crippen LogP contribution in [-0.4, -0.2) is 25.0 Å². The quantitative estimate of drug-likeness (QED) is 0.399. The van der Waals surface area contributed by atoms with E-state index in [9.17, 15) is 0 Å². The molecule has 0 unspecified atom stereocenters. The van der Waals surface area contributed by atoms with Crippen LogP contribution in [-0.2, 0) is 6.42 Å². The van der Waals surface area contributed by atoms with Gasteiger partial charge >= 0.3 is 0 Å². The summed E-state index contributed by atoms with van der Waals surface area (Å²) in [6.07, 6.45) is 2.59. The predicted octanol–water partition coefficient (Wildman–Crippen LogP) is 3.95. The minimum atomic E-state index is 0.435. The van der Waals surface area contributed by atoms with Gasteiger partial charge in [0.2, 0.25) is 0 Å². The molecule has 0 N–H and O–H groups in total. The molecule has 4 aromatic rings. The number of aromatic nitrogens is 5. The zero-order chi connectivity index (χ0) is 16.8. The van der Waals surface area contributed by atoms with Crippen molar-refractivity contribution in [2.24, 2.45) is 0 Å². The summed E-state index contributed by atoms with van der Waals surface area (Å²) in [5.41, 5.74) is 5.62. The van der Waals surface area contributed by atoms with Gasteiger partial charge in [-0.25, -0.2) is 14.6 Å². The van der Waals surface area contributed by atoms with Crippen molar-refractivity contribution in [1.82, 2.24) is 25.0 Å². The molecule has 1 aliphatic rings. The van der Waals surface area contributed by atoms with E-state index in [1.54, 1.807) is 4.68 Å². The summed E-state index contributed by atoms with van der Waals surface area (Å²) in [7, 11) is 0. The second kappa shape index (κ2) is 5.50. The highest BCUT2D eigenvalue weighted by molar-refractivity contribution is 6.29. The summed E-state index contributed by atoms with van der Waals surface area (Å²) in [6.45, 7) is 0. The van der Waals surface area contributed by atoms with Crippen LogP contribution in [0.1, 0.15) is 11.3 Å². The Morgan fingerprint density at radius 1 is 0.920 bits per heavy atom. The molecule has 6 heteroatoms. The van der Waals surface area contributed by atoms with Crippen LogP contribution >= 0.6 is 11.6 Å². The summed E-state index contributed by atoms with van der Waals surface area (Å²) in [6, 6.07) is 17.8. The van der Waals surface area contributed by atoms with E-state index in [0.717, 1.165) is 33.8 Å². The molecule has 25 heavy (non-hydrogen) atoms. The molecule has 0 fully saturated rings. The monoisotopic (exact) mass is 345 g/mol. The second-order valence-corrected chi connectivity index (χ2v) is 6.29. The van der Waals surface area contributed by atoms with E-state index < -0.39 is 0 Å². The molecule has 120 valence electrons. The highest BCUT2D eigenvalue weighted by atomic mass is 35.5. The minimum absolute atomic E-state index is 0.435. The van der Waals surface area contributed by atoms with Crippen LogP contribution < -0.4 is 0 Å². The molecule has 0 saturated heterocycles. The smallest absolute Gasteiger partial charge is 0.163 e. The predicted molar refractivity (Wildman–Crippen MR) is 95.6 cm³/mol. The highest BCUT2D eigenvalue weighted by Gasteiger charge is 2.17. The Morgan fingerprint density at radius 2 is 1.72 bits per heavy atom. The van der Waals surface area contributed by atoms with Crippen molar-refractivity contribution >= 4 is 11.6 Å². The normalized spacial score (nSPS) is 12.0. The third-order valence-electron chi connectivity index (χ3n) is 4.30. The molecule has 1 aliphatic heterocycles. The molecule has 2 aromatic heterocycles. The van der Waals surface area contributed by atoms with Crippen LogP contribution in [0.15, 0.2) is 60.8 Å². The van der Waals surface area contributed by atoms with Crippen molar-refractivity contribution in [3.8, 4) is 28.3 Å². The van der Waals surface area contributed by atoms with Gasteiger partial charge in [-0.1, -0.05) is 53.2 Å². The number of para-hydroxylation sites is 1. The second-order valence-electron chi connectivity index (χ2n) is 5.91. The summed E-state index contributed by atoms with van der Waals surface area (Å²) in [5.74, 6) is 0.592. The standard InChI is InChI=1S/C19H12ClN5/c20-18-10-13-9-12-5-1-2-6-14(12)16-11-25(24-23-16)17-8-4-3-7-15(17)19(21-13)22-18/h1-8,10-11H,9H2. The van der Waals surface area contributed by atoms with Gasteiger partial charge in [0.25, 0.3) is 0 Å². The van der Waals surface area contributed by atoms with Crippen molar-refractivity contribution in [2.75, 3.05) is 0 Å². The Hall–Kier alpha value is -3.05. The molecule has 4 bridgehead atoms. The molecule has 0 radical (unpaired) electrons. The van der Waals surface area contributed by atoms with Gasteiger partial charge in [-0.15, -0.1) is 5.10 Å². The maximum absolute atomic E-state index is 6.28. The van der Waals surface area contributed by atoms with E-state index in [1.165, 1.54) is 0 Å². The minimum Gasteiger partial charge on any atom is -0.233 e. The lowest BCUT2D eigenvalue weighted by molar-refractivity contribution is 0.803. The summed E-state index contributed by atoms with van der Waals surface area (Å²) in [4.78, 5) is 9.17. The van der Waals surface area contributed by atoms with Crippen molar-refractivity contribution in [3.63, 3.8) is 0 Å². The molecule has 0 saturated carbocycles. The maximum Gasteiger partial charge on any atom is 0.163 e. The highest BCUT2D eigenvalue weighted by Crippen LogP contribution is 2.30. The van der Waals surface area contributed by atoms with Crippen molar-refractivity contribution in [3.05, 3.63) is 77.2 Å². The van der Waals surface area contributed by atoms with E-state index in [0.29, 0.717) is 17.4 Å². The van der Waals surface area contributed by atoms with Crippen molar-refractivity contribution in [1.29, 1.82) is 0 Å². The largest absolute Gasteiger partial charge is 0.233 e. The number of benzene rings is 2. The molecule has 0 aliphatic carbocycles. The average Bonchev–Trinajstić information content (AvgIpc) is 3.10. The number of rotatable bonds is 0. The molecule has 0 atom stereocenters. The summed E-state index contributed by atoms with van der Waals surface area (Å²) < 4.78 is 1.76. The van der Waals surface area contributed by atoms with E-state index in [1.807, 2.05) is 48.7 Å². The molecule has 0 spiro atoms. The van der Waals surface area contributed by atoms with Gasteiger partial charge in [0.05, 0.1) is 17.6 Å². The first-order valence-electron chi connectivity index (χ1n) is 7.92. The molecule has 2 aromatic carbocycles. The zero-order valence-electron chi connectivity index (χ0n) is 13.1. The van der Waals surface area contributed by atoms with Crippen molar-refractivity contribution < 1.29 is 0 Å². The Kier molecular flexibility index (Phi) is 3.15. The Balaban J connectivity index is 1.87. The van der Waals surface area contributed by atoms with Gasteiger partial charge in [-0.2, -0.15) is 0 Å². The molecule has 5 rings (SSSR count). The van der Waals surface area contributed by atoms with Crippen LogP contribution in [0.4, 0.5) is 0 Å². The van der Waals surface area contributed by atoms with E-state index in [4.69, 9.17) is 16.6 Å². The fourth-order valence-electron chi connectivity index (χ4n) is 3.16. The van der Waals surface area contributed by atoms with Crippen LogP contribution in [0.5, 0.6) is 0 Å². The Morgan fingerprint density at radius 3 is 2.64 bits per heavy atom. The van der Waals surface area contributed by atoms with Gasteiger partial charge in [0, 0.05) is 17.5 Å². The summed E-state index contributed by atoms with van der Waals surface area (Å²) >= 11 is 6.28. The fraction of sp³-hybridized carbons (Fsp3) is 0.0526. The number of halogens is 1. The first-order valence-corrected chi connectivity index (χ1v) is 8.29. The number of nitrogens with zero attached hydrogens (tertiary/aromatic N) is 5. The van der Waals surface area contributed by atoms with Crippen LogP contribution in [0, 0.1) is 0 Å². The molecule has 3 heterocycles. The molecule has 0 amide bonds. The lowest BCUT2D eigenvalue weighted by atomic mass is 10.0.